The van der Waals surface area contributed by atoms with E-state index in [1.807, 2.05) is 32.0 Å². The van der Waals surface area contributed by atoms with Crippen LogP contribution in [-0.2, 0) is 4.74 Å². The number of carbonyl (C=O) groups excluding carboxylic acids is 1. The maximum absolute atomic E-state index is 12.6. The van der Waals surface area contributed by atoms with Crippen LogP contribution in [0.5, 0.6) is 17.2 Å². The maximum Gasteiger partial charge on any atom is 0.257 e. The van der Waals surface area contributed by atoms with Gasteiger partial charge in [0.05, 0.1) is 30.2 Å². The summed E-state index contributed by atoms with van der Waals surface area (Å²) in [6.07, 6.45) is -0.122. The molecule has 3 aromatic rings. The zero-order valence-electron chi connectivity index (χ0n) is 16.9. The molecule has 0 spiro atoms. The van der Waals surface area contributed by atoms with Crippen molar-refractivity contribution in [2.45, 2.75) is 20.0 Å². The zero-order chi connectivity index (χ0) is 20.8. The first-order chi connectivity index (χ1) is 14.0. The largest absolute Gasteiger partial charge is 0.497 e. The summed E-state index contributed by atoms with van der Waals surface area (Å²) in [5.74, 6) is 1.84. The highest BCUT2D eigenvalue weighted by atomic mass is 16.5. The Bertz CT molecular complexity index is 986. The molecular weight excluding hydrogens is 368 g/mol. The third-order valence-corrected chi connectivity index (χ3v) is 4.51. The van der Waals surface area contributed by atoms with Crippen molar-refractivity contribution in [3.05, 3.63) is 77.6 Å². The monoisotopic (exact) mass is 392 g/mol. The quantitative estimate of drug-likeness (QED) is 0.602. The van der Waals surface area contributed by atoms with Crippen molar-refractivity contribution in [2.75, 3.05) is 19.5 Å². The normalized spacial score (nSPS) is 11.6. The molecule has 6 nitrogen and oxygen atoms in total. The van der Waals surface area contributed by atoms with Gasteiger partial charge in [-0.15, -0.1) is 0 Å². The SMILES string of the molecule is COc1cccc(Oc2ccc(NC(=O)c3ccc(C(C)OC)nc3C)cc2)c1. The fraction of sp³-hybridized carbons (Fsp3) is 0.217. The van der Waals surface area contributed by atoms with Crippen LogP contribution in [0.15, 0.2) is 60.7 Å². The van der Waals surface area contributed by atoms with Crippen LogP contribution in [0.1, 0.15) is 34.8 Å². The number of anilines is 1. The molecule has 0 bridgehead atoms. The van der Waals surface area contributed by atoms with E-state index in [-0.39, 0.29) is 12.0 Å². The van der Waals surface area contributed by atoms with Gasteiger partial charge in [0, 0.05) is 18.9 Å². The van der Waals surface area contributed by atoms with Crippen LogP contribution in [0.3, 0.4) is 0 Å². The van der Waals surface area contributed by atoms with E-state index in [9.17, 15) is 4.79 Å². The van der Waals surface area contributed by atoms with E-state index in [0.29, 0.717) is 28.4 Å². The summed E-state index contributed by atoms with van der Waals surface area (Å²) in [6.45, 7) is 3.72. The standard InChI is InChI=1S/C23H24N2O4/c1-15-21(12-13-22(24-15)16(2)27-3)23(26)25-17-8-10-18(11-9-17)29-20-7-5-6-19(14-20)28-4/h5-14,16H,1-4H3,(H,25,26). The Kier molecular flexibility index (Phi) is 6.46. The zero-order valence-corrected chi connectivity index (χ0v) is 16.9. The second kappa shape index (κ2) is 9.21. The number of rotatable bonds is 7. The lowest BCUT2D eigenvalue weighted by molar-refractivity contribution is 0.102. The predicted octanol–water partition coefficient (Wildman–Crippen LogP) is 5.15. The maximum atomic E-state index is 12.6. The minimum absolute atomic E-state index is 0.122. The van der Waals surface area contributed by atoms with Gasteiger partial charge < -0.3 is 19.5 Å². The fourth-order valence-electron chi connectivity index (χ4n) is 2.77. The van der Waals surface area contributed by atoms with E-state index >= 15 is 0 Å². The van der Waals surface area contributed by atoms with Gasteiger partial charge in [-0.2, -0.15) is 0 Å². The van der Waals surface area contributed by atoms with E-state index in [2.05, 4.69) is 10.3 Å². The van der Waals surface area contributed by atoms with E-state index in [0.717, 1.165) is 11.4 Å². The molecule has 0 aliphatic heterocycles. The molecule has 0 aliphatic carbocycles. The van der Waals surface area contributed by atoms with Crippen molar-refractivity contribution in [3.63, 3.8) is 0 Å². The van der Waals surface area contributed by atoms with Gasteiger partial charge in [-0.25, -0.2) is 0 Å². The van der Waals surface area contributed by atoms with Crippen molar-refractivity contribution in [1.29, 1.82) is 0 Å². The molecule has 2 aromatic carbocycles. The second-order valence-corrected chi connectivity index (χ2v) is 6.51. The number of hydrogen-bond donors (Lipinski definition) is 1. The molecule has 1 heterocycles. The highest BCUT2D eigenvalue weighted by molar-refractivity contribution is 6.05. The molecule has 150 valence electrons. The second-order valence-electron chi connectivity index (χ2n) is 6.51. The molecule has 0 aliphatic rings. The Hall–Kier alpha value is -3.38. The van der Waals surface area contributed by atoms with Crippen molar-refractivity contribution in [3.8, 4) is 17.2 Å². The first-order valence-electron chi connectivity index (χ1n) is 9.24. The smallest absolute Gasteiger partial charge is 0.257 e. The Morgan fingerprint density at radius 3 is 2.34 bits per heavy atom. The Labute approximate surface area is 170 Å². The van der Waals surface area contributed by atoms with Crippen molar-refractivity contribution in [1.82, 2.24) is 4.98 Å². The summed E-state index contributed by atoms with van der Waals surface area (Å²) < 4.78 is 16.3. The van der Waals surface area contributed by atoms with Gasteiger partial charge in [0.25, 0.3) is 5.91 Å². The van der Waals surface area contributed by atoms with Crippen molar-refractivity contribution < 1.29 is 19.0 Å². The average Bonchev–Trinajstić information content (AvgIpc) is 2.74. The summed E-state index contributed by atoms with van der Waals surface area (Å²) >= 11 is 0. The molecule has 1 amide bonds. The van der Waals surface area contributed by atoms with Gasteiger partial charge in [0.1, 0.15) is 17.2 Å². The number of methoxy groups -OCH3 is 2. The van der Waals surface area contributed by atoms with Gasteiger partial charge in [-0.05, 0) is 62.4 Å². The molecule has 0 radical (unpaired) electrons. The van der Waals surface area contributed by atoms with Gasteiger partial charge in [-0.3, -0.25) is 9.78 Å². The molecule has 0 saturated heterocycles. The van der Waals surface area contributed by atoms with Gasteiger partial charge in [0.2, 0.25) is 0 Å². The third kappa shape index (κ3) is 5.12. The molecule has 1 aromatic heterocycles. The van der Waals surface area contributed by atoms with Crippen LogP contribution in [0, 0.1) is 6.92 Å². The number of nitrogens with one attached hydrogen (secondary N) is 1. The average molecular weight is 392 g/mol. The van der Waals surface area contributed by atoms with Crippen LogP contribution in [-0.4, -0.2) is 25.1 Å². The lowest BCUT2D eigenvalue weighted by atomic mass is 10.1. The van der Waals surface area contributed by atoms with Crippen LogP contribution >= 0.6 is 0 Å². The highest BCUT2D eigenvalue weighted by Crippen LogP contribution is 2.26. The number of hydrogen-bond acceptors (Lipinski definition) is 5. The molecule has 1 atom stereocenters. The molecule has 3 rings (SSSR count). The summed E-state index contributed by atoms with van der Waals surface area (Å²) in [5.41, 5.74) is 2.64. The van der Waals surface area contributed by atoms with Crippen molar-refractivity contribution in [2.24, 2.45) is 0 Å². The van der Waals surface area contributed by atoms with E-state index in [1.165, 1.54) is 0 Å². The predicted molar refractivity (Wildman–Crippen MR) is 112 cm³/mol. The van der Waals surface area contributed by atoms with Gasteiger partial charge in [-0.1, -0.05) is 6.07 Å². The van der Waals surface area contributed by atoms with Crippen LogP contribution < -0.4 is 14.8 Å². The van der Waals surface area contributed by atoms with Gasteiger partial charge >= 0.3 is 0 Å². The Morgan fingerprint density at radius 1 is 0.966 bits per heavy atom. The first kappa shape index (κ1) is 20.4. The molecule has 29 heavy (non-hydrogen) atoms. The Morgan fingerprint density at radius 2 is 1.69 bits per heavy atom. The molecule has 6 heteroatoms. The van der Waals surface area contributed by atoms with E-state index in [1.54, 1.807) is 56.7 Å². The highest BCUT2D eigenvalue weighted by Gasteiger charge is 2.13. The number of aromatic nitrogens is 1. The fourth-order valence-corrected chi connectivity index (χ4v) is 2.77. The lowest BCUT2D eigenvalue weighted by Gasteiger charge is -2.12. The number of benzene rings is 2. The summed E-state index contributed by atoms with van der Waals surface area (Å²) in [7, 11) is 3.24. The summed E-state index contributed by atoms with van der Waals surface area (Å²) in [6, 6.07) is 18.1. The molecule has 1 unspecified atom stereocenters. The third-order valence-electron chi connectivity index (χ3n) is 4.51. The molecule has 1 N–H and O–H groups in total. The minimum Gasteiger partial charge on any atom is -0.497 e. The number of carbonyl (C=O) groups is 1. The topological polar surface area (TPSA) is 69.7 Å². The number of pyridine rings is 1. The lowest BCUT2D eigenvalue weighted by Crippen LogP contribution is -2.15. The first-order valence-corrected chi connectivity index (χ1v) is 9.24. The number of amides is 1. The minimum atomic E-state index is -0.215. The summed E-state index contributed by atoms with van der Waals surface area (Å²) in [5, 5.41) is 2.89. The number of ether oxygens (including phenoxy) is 3. The molecular formula is C23H24N2O4. The number of aryl methyl sites for hydroxylation is 1. The molecule has 0 fully saturated rings. The van der Waals surface area contributed by atoms with E-state index < -0.39 is 0 Å². The van der Waals surface area contributed by atoms with Gasteiger partial charge in [0.15, 0.2) is 0 Å². The Balaban J connectivity index is 1.67. The van der Waals surface area contributed by atoms with Crippen LogP contribution in [0.2, 0.25) is 0 Å². The molecule has 0 saturated carbocycles. The van der Waals surface area contributed by atoms with Crippen LogP contribution in [0.4, 0.5) is 5.69 Å². The summed E-state index contributed by atoms with van der Waals surface area (Å²) in [4.78, 5) is 17.1. The number of nitrogens with zero attached hydrogens (tertiary/aromatic N) is 1. The van der Waals surface area contributed by atoms with Crippen LogP contribution in [0.25, 0.3) is 0 Å². The van der Waals surface area contributed by atoms with Crippen molar-refractivity contribution >= 4 is 11.6 Å². The van der Waals surface area contributed by atoms with E-state index in [4.69, 9.17) is 14.2 Å².